The molecular formula is C13H16N2O3. The lowest BCUT2D eigenvalue weighted by Gasteiger charge is -2.19. The smallest absolute Gasteiger partial charge is 0.227 e. The second-order valence-corrected chi connectivity index (χ2v) is 4.21. The first-order valence-corrected chi connectivity index (χ1v) is 5.95. The Balaban J connectivity index is 2.26. The molecule has 0 radical (unpaired) electrons. The highest BCUT2D eigenvalue weighted by molar-refractivity contribution is 6.01. The lowest BCUT2D eigenvalue weighted by Crippen LogP contribution is -2.28. The molecule has 1 saturated heterocycles. The number of benzene rings is 1. The third kappa shape index (κ3) is 2.30. The molecule has 5 nitrogen and oxygen atoms in total. The standard InChI is InChI=1S/C13H16N2O3/c1-2-18-11-6-4-3-5-10(11)15-8-9(13(14)17)7-12(15)16/h3-6,9H,2,7-8H2,1H3,(H2,14,17)/t9-/m1/s1. The Labute approximate surface area is 106 Å². The molecule has 1 aromatic carbocycles. The maximum atomic E-state index is 11.9. The SMILES string of the molecule is CCOc1ccccc1N1C[C@H](C(N)=O)CC1=O. The van der Waals surface area contributed by atoms with Crippen molar-refractivity contribution in [3.63, 3.8) is 0 Å². The van der Waals surface area contributed by atoms with Crippen LogP contribution in [0.3, 0.4) is 0 Å². The molecule has 2 rings (SSSR count). The summed E-state index contributed by atoms with van der Waals surface area (Å²) in [5.74, 6) is -0.281. The maximum Gasteiger partial charge on any atom is 0.227 e. The van der Waals surface area contributed by atoms with Gasteiger partial charge in [0.2, 0.25) is 11.8 Å². The number of primary amides is 1. The van der Waals surface area contributed by atoms with E-state index in [0.29, 0.717) is 24.6 Å². The van der Waals surface area contributed by atoms with Crippen LogP contribution < -0.4 is 15.4 Å². The van der Waals surface area contributed by atoms with Crippen molar-refractivity contribution in [2.45, 2.75) is 13.3 Å². The third-order valence-electron chi connectivity index (χ3n) is 2.98. The van der Waals surface area contributed by atoms with Gasteiger partial charge < -0.3 is 15.4 Å². The van der Waals surface area contributed by atoms with Crippen LogP contribution in [0.4, 0.5) is 5.69 Å². The van der Waals surface area contributed by atoms with Crippen molar-refractivity contribution in [2.75, 3.05) is 18.1 Å². The molecule has 18 heavy (non-hydrogen) atoms. The molecule has 0 aliphatic carbocycles. The van der Waals surface area contributed by atoms with Crippen molar-refractivity contribution in [1.29, 1.82) is 0 Å². The summed E-state index contributed by atoms with van der Waals surface area (Å²) in [7, 11) is 0. The number of carbonyl (C=O) groups is 2. The van der Waals surface area contributed by atoms with Crippen LogP contribution in [0, 0.1) is 5.92 Å². The molecule has 2 amide bonds. The Bertz CT molecular complexity index is 473. The molecule has 0 aromatic heterocycles. The molecule has 2 N–H and O–H groups in total. The van der Waals surface area contributed by atoms with Gasteiger partial charge in [0, 0.05) is 13.0 Å². The van der Waals surface area contributed by atoms with Gasteiger partial charge in [-0.1, -0.05) is 12.1 Å². The number of ether oxygens (including phenoxy) is 1. The van der Waals surface area contributed by atoms with E-state index in [9.17, 15) is 9.59 Å². The van der Waals surface area contributed by atoms with Crippen molar-refractivity contribution >= 4 is 17.5 Å². The van der Waals surface area contributed by atoms with Crippen LogP contribution in [0.25, 0.3) is 0 Å². The summed E-state index contributed by atoms with van der Waals surface area (Å²) < 4.78 is 5.48. The van der Waals surface area contributed by atoms with E-state index in [0.717, 1.165) is 0 Å². The normalized spacial score (nSPS) is 19.1. The Morgan fingerprint density at radius 1 is 1.50 bits per heavy atom. The fraction of sp³-hybridized carbons (Fsp3) is 0.385. The minimum Gasteiger partial charge on any atom is -0.492 e. The van der Waals surface area contributed by atoms with Gasteiger partial charge in [-0.05, 0) is 19.1 Å². The quantitative estimate of drug-likeness (QED) is 0.861. The molecule has 1 atom stereocenters. The van der Waals surface area contributed by atoms with Gasteiger partial charge in [0.1, 0.15) is 5.75 Å². The number of nitrogens with zero attached hydrogens (tertiary/aromatic N) is 1. The van der Waals surface area contributed by atoms with E-state index >= 15 is 0 Å². The Kier molecular flexibility index (Phi) is 3.50. The minimum atomic E-state index is -0.431. The van der Waals surface area contributed by atoms with Crippen molar-refractivity contribution in [3.8, 4) is 5.75 Å². The van der Waals surface area contributed by atoms with E-state index in [2.05, 4.69) is 0 Å². The molecule has 0 spiro atoms. The van der Waals surface area contributed by atoms with Crippen LogP contribution in [0.1, 0.15) is 13.3 Å². The highest BCUT2D eigenvalue weighted by Crippen LogP contribution is 2.32. The number of amides is 2. The van der Waals surface area contributed by atoms with Gasteiger partial charge in [0.15, 0.2) is 0 Å². The van der Waals surface area contributed by atoms with Crippen LogP contribution in [-0.4, -0.2) is 25.0 Å². The number of rotatable bonds is 4. The molecule has 0 unspecified atom stereocenters. The topological polar surface area (TPSA) is 72.6 Å². The van der Waals surface area contributed by atoms with Gasteiger partial charge in [-0.2, -0.15) is 0 Å². The molecule has 0 saturated carbocycles. The number of hydrogen-bond acceptors (Lipinski definition) is 3. The van der Waals surface area contributed by atoms with Crippen molar-refractivity contribution in [2.24, 2.45) is 11.7 Å². The second-order valence-electron chi connectivity index (χ2n) is 4.21. The summed E-state index contributed by atoms with van der Waals surface area (Å²) in [6.07, 6.45) is 0.176. The summed E-state index contributed by atoms with van der Waals surface area (Å²) in [6, 6.07) is 7.30. The van der Waals surface area contributed by atoms with Gasteiger partial charge in [-0.25, -0.2) is 0 Å². The number of nitrogens with two attached hydrogens (primary N) is 1. The summed E-state index contributed by atoms with van der Waals surface area (Å²) in [5, 5.41) is 0. The summed E-state index contributed by atoms with van der Waals surface area (Å²) in [6.45, 7) is 2.74. The number of hydrogen-bond donors (Lipinski definition) is 1. The monoisotopic (exact) mass is 248 g/mol. The largest absolute Gasteiger partial charge is 0.492 e. The van der Waals surface area contributed by atoms with Crippen molar-refractivity contribution in [1.82, 2.24) is 0 Å². The fourth-order valence-corrected chi connectivity index (χ4v) is 2.09. The molecule has 0 bridgehead atoms. The first kappa shape index (κ1) is 12.4. The fourth-order valence-electron chi connectivity index (χ4n) is 2.09. The molecule has 1 heterocycles. The highest BCUT2D eigenvalue weighted by Gasteiger charge is 2.35. The number of anilines is 1. The second kappa shape index (κ2) is 5.08. The van der Waals surface area contributed by atoms with E-state index in [4.69, 9.17) is 10.5 Å². The van der Waals surface area contributed by atoms with Gasteiger partial charge >= 0.3 is 0 Å². The molecule has 96 valence electrons. The molecule has 5 heteroatoms. The first-order valence-electron chi connectivity index (χ1n) is 5.95. The Morgan fingerprint density at radius 3 is 2.83 bits per heavy atom. The van der Waals surface area contributed by atoms with Crippen LogP contribution >= 0.6 is 0 Å². The van der Waals surface area contributed by atoms with E-state index < -0.39 is 11.8 Å². The zero-order valence-electron chi connectivity index (χ0n) is 10.3. The zero-order valence-corrected chi connectivity index (χ0v) is 10.3. The molecule has 1 fully saturated rings. The molecule has 1 aliphatic rings. The van der Waals surface area contributed by atoms with E-state index in [1.807, 2.05) is 31.2 Å². The van der Waals surface area contributed by atoms with Crippen LogP contribution in [-0.2, 0) is 9.59 Å². The molecule has 1 aliphatic heterocycles. The number of para-hydroxylation sites is 2. The lowest BCUT2D eigenvalue weighted by atomic mass is 10.1. The van der Waals surface area contributed by atoms with Crippen LogP contribution in [0.5, 0.6) is 5.75 Å². The molecular weight excluding hydrogens is 232 g/mol. The van der Waals surface area contributed by atoms with Gasteiger partial charge in [-0.3, -0.25) is 9.59 Å². The molecule has 1 aromatic rings. The van der Waals surface area contributed by atoms with Crippen LogP contribution in [0.15, 0.2) is 24.3 Å². The Morgan fingerprint density at radius 2 is 2.22 bits per heavy atom. The number of carbonyl (C=O) groups excluding carboxylic acids is 2. The zero-order chi connectivity index (χ0) is 13.1. The van der Waals surface area contributed by atoms with E-state index in [1.54, 1.807) is 4.90 Å². The highest BCUT2D eigenvalue weighted by atomic mass is 16.5. The average molecular weight is 248 g/mol. The first-order chi connectivity index (χ1) is 8.63. The maximum absolute atomic E-state index is 11.9. The summed E-state index contributed by atoms with van der Waals surface area (Å²) >= 11 is 0. The van der Waals surface area contributed by atoms with Crippen molar-refractivity contribution in [3.05, 3.63) is 24.3 Å². The van der Waals surface area contributed by atoms with Crippen LogP contribution in [0.2, 0.25) is 0 Å². The average Bonchev–Trinajstić information content (AvgIpc) is 2.73. The lowest BCUT2D eigenvalue weighted by molar-refractivity contribution is -0.123. The predicted molar refractivity (Wildman–Crippen MR) is 67.3 cm³/mol. The third-order valence-corrected chi connectivity index (χ3v) is 2.98. The van der Waals surface area contributed by atoms with E-state index in [-0.39, 0.29) is 12.3 Å². The predicted octanol–water partition coefficient (Wildman–Crippen LogP) is 0.923. The van der Waals surface area contributed by atoms with Gasteiger partial charge in [0.25, 0.3) is 0 Å². The summed E-state index contributed by atoms with van der Waals surface area (Å²) in [4.78, 5) is 24.6. The van der Waals surface area contributed by atoms with Gasteiger partial charge in [0.05, 0.1) is 18.2 Å². The summed E-state index contributed by atoms with van der Waals surface area (Å²) in [5.41, 5.74) is 5.95. The van der Waals surface area contributed by atoms with E-state index in [1.165, 1.54) is 0 Å². The Hall–Kier alpha value is -2.04. The van der Waals surface area contributed by atoms with Gasteiger partial charge in [-0.15, -0.1) is 0 Å². The van der Waals surface area contributed by atoms with Crippen molar-refractivity contribution < 1.29 is 14.3 Å². The minimum absolute atomic E-state index is 0.0917.